The molecule has 1 amide bonds. The Labute approximate surface area is 176 Å². The van der Waals surface area contributed by atoms with Crippen LogP contribution in [0, 0.1) is 0 Å². The number of aromatic nitrogens is 1. The number of rotatable bonds is 9. The molecule has 0 aliphatic heterocycles. The molecule has 0 saturated carbocycles. The number of pyridine rings is 1. The Morgan fingerprint density at radius 2 is 1.70 bits per heavy atom. The summed E-state index contributed by atoms with van der Waals surface area (Å²) in [4.78, 5) is 16.3. The molecule has 0 atom stereocenters. The first kappa shape index (κ1) is 21.3. The third kappa shape index (κ3) is 5.36. The molecular formula is C22H23N3O4S. The van der Waals surface area contributed by atoms with E-state index in [-0.39, 0.29) is 24.0 Å². The van der Waals surface area contributed by atoms with Crippen molar-refractivity contribution in [2.45, 2.75) is 18.4 Å². The van der Waals surface area contributed by atoms with Crippen molar-refractivity contribution in [1.29, 1.82) is 0 Å². The first-order valence-electron chi connectivity index (χ1n) is 9.48. The lowest BCUT2D eigenvalue weighted by atomic mass is 10.3. The number of hydrogen-bond donors (Lipinski definition) is 1. The van der Waals surface area contributed by atoms with Gasteiger partial charge >= 0.3 is 0 Å². The smallest absolute Gasteiger partial charge is 0.264 e. The summed E-state index contributed by atoms with van der Waals surface area (Å²) in [6, 6.07) is 20.4. The first-order valence-corrected chi connectivity index (χ1v) is 10.9. The highest BCUT2D eigenvalue weighted by atomic mass is 32.2. The van der Waals surface area contributed by atoms with Crippen molar-refractivity contribution in [3.63, 3.8) is 0 Å². The summed E-state index contributed by atoms with van der Waals surface area (Å²) in [7, 11) is -3.65. The second-order valence-corrected chi connectivity index (χ2v) is 8.23. The maximum atomic E-state index is 12.9. The normalized spacial score (nSPS) is 11.0. The zero-order chi connectivity index (χ0) is 21.4. The van der Waals surface area contributed by atoms with Gasteiger partial charge in [0.05, 0.1) is 22.8 Å². The Bertz CT molecular complexity index is 1060. The van der Waals surface area contributed by atoms with Gasteiger partial charge in [0, 0.05) is 12.7 Å². The standard InChI is InChI=1S/C22H23N3O4S/c1-2-25(30(27,28)21-9-4-3-5-10-21)19-11-13-20(14-12-19)29-17-22(26)24-16-18-8-6-7-15-23-18/h3-15H,2,16-17H2,1H3,(H,24,26). The average Bonchev–Trinajstić information content (AvgIpc) is 2.79. The van der Waals surface area contributed by atoms with Crippen molar-refractivity contribution < 1.29 is 17.9 Å². The molecule has 1 heterocycles. The van der Waals surface area contributed by atoms with E-state index < -0.39 is 10.0 Å². The van der Waals surface area contributed by atoms with E-state index in [0.717, 1.165) is 5.69 Å². The second-order valence-electron chi connectivity index (χ2n) is 6.36. The van der Waals surface area contributed by atoms with E-state index in [2.05, 4.69) is 10.3 Å². The minimum atomic E-state index is -3.65. The average molecular weight is 426 g/mol. The van der Waals surface area contributed by atoms with Crippen molar-refractivity contribution in [1.82, 2.24) is 10.3 Å². The quantitative estimate of drug-likeness (QED) is 0.569. The fourth-order valence-electron chi connectivity index (χ4n) is 2.81. The van der Waals surface area contributed by atoms with Crippen LogP contribution in [0.25, 0.3) is 0 Å². The fourth-order valence-corrected chi connectivity index (χ4v) is 4.31. The van der Waals surface area contributed by atoms with Gasteiger partial charge in [0.25, 0.3) is 15.9 Å². The van der Waals surface area contributed by atoms with Gasteiger partial charge in [-0.05, 0) is 55.5 Å². The Balaban J connectivity index is 1.59. The van der Waals surface area contributed by atoms with Gasteiger partial charge in [0.15, 0.2) is 6.61 Å². The van der Waals surface area contributed by atoms with Gasteiger partial charge in [-0.2, -0.15) is 0 Å². The van der Waals surface area contributed by atoms with Crippen LogP contribution in [-0.2, 0) is 21.4 Å². The zero-order valence-electron chi connectivity index (χ0n) is 16.6. The van der Waals surface area contributed by atoms with E-state index in [0.29, 0.717) is 18.0 Å². The molecule has 30 heavy (non-hydrogen) atoms. The van der Waals surface area contributed by atoms with Crippen LogP contribution in [0.5, 0.6) is 5.75 Å². The van der Waals surface area contributed by atoms with Crippen LogP contribution in [0.3, 0.4) is 0 Å². The molecule has 0 bridgehead atoms. The molecule has 0 aliphatic carbocycles. The molecule has 1 N–H and O–H groups in total. The minimum absolute atomic E-state index is 0.147. The molecule has 3 rings (SSSR count). The molecule has 3 aromatic rings. The number of hydrogen-bond acceptors (Lipinski definition) is 5. The number of sulfonamides is 1. The number of nitrogens with zero attached hydrogens (tertiary/aromatic N) is 2. The number of anilines is 1. The topological polar surface area (TPSA) is 88.6 Å². The van der Waals surface area contributed by atoms with Gasteiger partial charge in [-0.25, -0.2) is 8.42 Å². The van der Waals surface area contributed by atoms with E-state index in [1.807, 2.05) is 18.2 Å². The van der Waals surface area contributed by atoms with Crippen molar-refractivity contribution in [3.05, 3.63) is 84.7 Å². The molecule has 0 unspecified atom stereocenters. The summed E-state index contributed by atoms with van der Waals surface area (Å²) in [5, 5.41) is 2.73. The third-order valence-corrected chi connectivity index (χ3v) is 6.22. The SMILES string of the molecule is CCN(c1ccc(OCC(=O)NCc2ccccn2)cc1)S(=O)(=O)c1ccccc1. The van der Waals surface area contributed by atoms with Gasteiger partial charge in [-0.1, -0.05) is 24.3 Å². The summed E-state index contributed by atoms with van der Waals surface area (Å²) >= 11 is 0. The molecule has 8 heteroatoms. The monoisotopic (exact) mass is 425 g/mol. The van der Waals surface area contributed by atoms with Crippen LogP contribution < -0.4 is 14.4 Å². The summed E-state index contributed by atoms with van der Waals surface area (Å²) in [6.07, 6.45) is 1.66. The Hall–Kier alpha value is -3.39. The summed E-state index contributed by atoms with van der Waals surface area (Å²) in [6.45, 7) is 2.24. The van der Waals surface area contributed by atoms with Gasteiger partial charge in [0.1, 0.15) is 5.75 Å². The molecular weight excluding hydrogens is 402 g/mol. The summed E-state index contributed by atoms with van der Waals surface area (Å²) in [5.74, 6) is 0.200. The van der Waals surface area contributed by atoms with E-state index >= 15 is 0 Å². The predicted octanol–water partition coefficient (Wildman–Crippen LogP) is 2.99. The summed E-state index contributed by atoms with van der Waals surface area (Å²) in [5.41, 5.74) is 1.28. The van der Waals surface area contributed by atoms with Crippen LogP contribution >= 0.6 is 0 Å². The molecule has 2 aromatic carbocycles. The lowest BCUT2D eigenvalue weighted by Crippen LogP contribution is -2.30. The van der Waals surface area contributed by atoms with Crippen molar-refractivity contribution >= 4 is 21.6 Å². The van der Waals surface area contributed by atoms with Crippen molar-refractivity contribution in [3.8, 4) is 5.75 Å². The maximum absolute atomic E-state index is 12.9. The number of benzene rings is 2. The maximum Gasteiger partial charge on any atom is 0.264 e. The molecule has 0 radical (unpaired) electrons. The largest absolute Gasteiger partial charge is 0.484 e. The Morgan fingerprint density at radius 3 is 2.33 bits per heavy atom. The van der Waals surface area contributed by atoms with Crippen LogP contribution in [0.4, 0.5) is 5.69 Å². The third-order valence-electron chi connectivity index (χ3n) is 4.31. The molecule has 7 nitrogen and oxygen atoms in total. The van der Waals surface area contributed by atoms with Crippen LogP contribution in [-0.4, -0.2) is 32.5 Å². The highest BCUT2D eigenvalue weighted by Crippen LogP contribution is 2.25. The fraction of sp³-hybridized carbons (Fsp3) is 0.182. The van der Waals surface area contributed by atoms with Crippen molar-refractivity contribution in [2.75, 3.05) is 17.5 Å². The van der Waals surface area contributed by atoms with E-state index in [1.165, 1.54) is 4.31 Å². The first-order chi connectivity index (χ1) is 14.5. The van der Waals surface area contributed by atoms with Gasteiger partial charge in [-0.3, -0.25) is 14.1 Å². The van der Waals surface area contributed by atoms with Gasteiger partial charge in [0.2, 0.25) is 0 Å². The highest BCUT2D eigenvalue weighted by Gasteiger charge is 2.23. The number of ether oxygens (including phenoxy) is 1. The van der Waals surface area contributed by atoms with Gasteiger partial charge < -0.3 is 10.1 Å². The molecule has 0 spiro atoms. The van der Waals surface area contributed by atoms with E-state index in [4.69, 9.17) is 4.74 Å². The molecule has 156 valence electrons. The number of nitrogens with one attached hydrogen (secondary N) is 1. The minimum Gasteiger partial charge on any atom is -0.484 e. The molecule has 0 saturated heterocycles. The molecule has 0 aliphatic rings. The molecule has 0 fully saturated rings. The number of carbonyl (C=O) groups excluding carboxylic acids is 1. The van der Waals surface area contributed by atoms with E-state index in [9.17, 15) is 13.2 Å². The van der Waals surface area contributed by atoms with Crippen LogP contribution in [0.15, 0.2) is 83.9 Å². The Morgan fingerprint density at radius 1 is 1.00 bits per heavy atom. The second kappa shape index (κ2) is 9.89. The number of amides is 1. The Kier molecular flexibility index (Phi) is 7.03. The zero-order valence-corrected chi connectivity index (χ0v) is 17.4. The summed E-state index contributed by atoms with van der Waals surface area (Å²) < 4.78 is 32.6. The lowest BCUT2D eigenvalue weighted by molar-refractivity contribution is -0.123. The predicted molar refractivity (Wildman–Crippen MR) is 115 cm³/mol. The van der Waals surface area contributed by atoms with Crippen molar-refractivity contribution in [2.24, 2.45) is 0 Å². The lowest BCUT2D eigenvalue weighted by Gasteiger charge is -2.23. The van der Waals surface area contributed by atoms with Gasteiger partial charge in [-0.15, -0.1) is 0 Å². The molecule has 1 aromatic heterocycles. The van der Waals surface area contributed by atoms with Crippen LogP contribution in [0.1, 0.15) is 12.6 Å². The van der Waals surface area contributed by atoms with E-state index in [1.54, 1.807) is 67.7 Å². The highest BCUT2D eigenvalue weighted by molar-refractivity contribution is 7.92. The van der Waals surface area contributed by atoms with Crippen LogP contribution in [0.2, 0.25) is 0 Å². The number of carbonyl (C=O) groups is 1.